The molecule has 3 rings (SSSR count). The van der Waals surface area contributed by atoms with E-state index in [4.69, 9.17) is 11.6 Å². The molecule has 29 heavy (non-hydrogen) atoms. The van der Waals surface area contributed by atoms with E-state index in [1.54, 1.807) is 11.9 Å². The molecule has 0 bridgehead atoms. The molecule has 1 unspecified atom stereocenters. The monoisotopic (exact) mass is 417 g/mol. The second kappa shape index (κ2) is 8.65. The van der Waals surface area contributed by atoms with Gasteiger partial charge in [0.05, 0.1) is 12.2 Å². The largest absolute Gasteiger partial charge is 0.341 e. The molecule has 8 nitrogen and oxygen atoms in total. The van der Waals surface area contributed by atoms with Gasteiger partial charge in [0, 0.05) is 36.3 Å². The number of halogens is 1. The molecule has 154 valence electrons. The van der Waals surface area contributed by atoms with E-state index in [2.05, 4.69) is 15.7 Å². The second-order valence-corrected chi connectivity index (χ2v) is 7.61. The van der Waals surface area contributed by atoms with Gasteiger partial charge in [0.25, 0.3) is 5.91 Å². The summed E-state index contributed by atoms with van der Waals surface area (Å²) < 4.78 is 1.89. The fraction of sp³-hybridized carbons (Fsp3) is 0.400. The van der Waals surface area contributed by atoms with Crippen LogP contribution in [0.2, 0.25) is 5.02 Å². The number of hydrogen-bond acceptors (Lipinski definition) is 4. The SMILES string of the molecule is Cc1nn(Cc2ccccc2Cl)c(C)c1CN(C)C(=O)CCC1NC(=O)NC1=O. The third-order valence-electron chi connectivity index (χ3n) is 5.14. The number of urea groups is 1. The lowest BCUT2D eigenvalue weighted by Crippen LogP contribution is -2.32. The Hall–Kier alpha value is -2.87. The van der Waals surface area contributed by atoms with Crippen LogP contribution in [0.5, 0.6) is 0 Å². The van der Waals surface area contributed by atoms with E-state index in [0.717, 1.165) is 22.5 Å². The maximum Gasteiger partial charge on any atom is 0.322 e. The molecule has 0 radical (unpaired) electrons. The lowest BCUT2D eigenvalue weighted by atomic mass is 10.1. The van der Waals surface area contributed by atoms with Crippen molar-refractivity contribution in [1.82, 2.24) is 25.3 Å². The fourth-order valence-electron chi connectivity index (χ4n) is 3.35. The second-order valence-electron chi connectivity index (χ2n) is 7.20. The van der Waals surface area contributed by atoms with Crippen LogP contribution >= 0.6 is 11.6 Å². The third kappa shape index (κ3) is 4.76. The number of carbonyl (C=O) groups excluding carboxylic acids is 3. The molecule has 1 aliphatic heterocycles. The Labute approximate surface area is 174 Å². The van der Waals surface area contributed by atoms with Crippen LogP contribution in [0, 0.1) is 13.8 Å². The lowest BCUT2D eigenvalue weighted by Gasteiger charge is -2.18. The average molecular weight is 418 g/mol. The third-order valence-corrected chi connectivity index (χ3v) is 5.50. The molecule has 2 heterocycles. The van der Waals surface area contributed by atoms with E-state index in [1.165, 1.54) is 0 Å². The highest BCUT2D eigenvalue weighted by atomic mass is 35.5. The number of aryl methyl sites for hydroxylation is 1. The Morgan fingerprint density at radius 3 is 2.66 bits per heavy atom. The molecule has 2 N–H and O–H groups in total. The van der Waals surface area contributed by atoms with Gasteiger partial charge in [-0.2, -0.15) is 5.10 Å². The van der Waals surface area contributed by atoms with E-state index in [0.29, 0.717) is 18.1 Å². The first-order chi connectivity index (χ1) is 13.8. The van der Waals surface area contributed by atoms with Gasteiger partial charge in [-0.15, -0.1) is 0 Å². The number of rotatable bonds is 7. The molecule has 2 aromatic rings. The molecule has 1 fully saturated rings. The van der Waals surface area contributed by atoms with Crippen molar-refractivity contribution in [3.05, 3.63) is 51.8 Å². The van der Waals surface area contributed by atoms with Gasteiger partial charge in [-0.05, 0) is 31.9 Å². The summed E-state index contributed by atoms with van der Waals surface area (Å²) in [5.74, 6) is -0.491. The number of carbonyl (C=O) groups is 3. The molecule has 1 saturated heterocycles. The zero-order chi connectivity index (χ0) is 21.1. The molecule has 1 aromatic heterocycles. The summed E-state index contributed by atoms with van der Waals surface area (Å²) in [4.78, 5) is 36.9. The van der Waals surface area contributed by atoms with Crippen LogP contribution in [0.15, 0.2) is 24.3 Å². The summed E-state index contributed by atoms with van der Waals surface area (Å²) >= 11 is 6.26. The van der Waals surface area contributed by atoms with Crippen LogP contribution in [-0.2, 0) is 22.7 Å². The molecule has 1 atom stereocenters. The van der Waals surface area contributed by atoms with Gasteiger partial charge < -0.3 is 10.2 Å². The summed E-state index contributed by atoms with van der Waals surface area (Å²) in [5.41, 5.74) is 3.80. The molecule has 1 aromatic carbocycles. The minimum absolute atomic E-state index is 0.100. The highest BCUT2D eigenvalue weighted by Crippen LogP contribution is 2.20. The number of nitrogens with one attached hydrogen (secondary N) is 2. The van der Waals surface area contributed by atoms with Crippen LogP contribution in [-0.4, -0.2) is 45.6 Å². The maximum atomic E-state index is 12.5. The summed E-state index contributed by atoms with van der Waals surface area (Å²) in [6, 6.07) is 6.47. The van der Waals surface area contributed by atoms with E-state index >= 15 is 0 Å². The van der Waals surface area contributed by atoms with Crippen molar-refractivity contribution in [1.29, 1.82) is 0 Å². The predicted molar refractivity (Wildman–Crippen MR) is 108 cm³/mol. The van der Waals surface area contributed by atoms with Crippen molar-refractivity contribution in [3.8, 4) is 0 Å². The van der Waals surface area contributed by atoms with Gasteiger partial charge in [0.15, 0.2) is 0 Å². The molecular formula is C20H24ClN5O3. The van der Waals surface area contributed by atoms with Crippen LogP contribution in [0.25, 0.3) is 0 Å². The normalized spacial score (nSPS) is 15.9. The molecular weight excluding hydrogens is 394 g/mol. The Kier molecular flexibility index (Phi) is 6.22. The van der Waals surface area contributed by atoms with Gasteiger partial charge in [-0.25, -0.2) is 4.79 Å². The van der Waals surface area contributed by atoms with Crippen molar-refractivity contribution in [3.63, 3.8) is 0 Å². The zero-order valence-corrected chi connectivity index (χ0v) is 17.4. The number of hydrogen-bond donors (Lipinski definition) is 2. The van der Waals surface area contributed by atoms with Crippen LogP contribution in [0.1, 0.15) is 35.4 Å². The van der Waals surface area contributed by atoms with Crippen molar-refractivity contribution >= 4 is 29.4 Å². The highest BCUT2D eigenvalue weighted by molar-refractivity contribution is 6.31. The van der Waals surface area contributed by atoms with Gasteiger partial charge >= 0.3 is 6.03 Å². The fourth-order valence-corrected chi connectivity index (χ4v) is 3.55. The van der Waals surface area contributed by atoms with Crippen molar-refractivity contribution in [2.45, 2.75) is 45.8 Å². The van der Waals surface area contributed by atoms with E-state index in [1.807, 2.05) is 42.8 Å². The number of nitrogens with zero attached hydrogens (tertiary/aromatic N) is 3. The minimum atomic E-state index is -0.651. The first kappa shape index (κ1) is 20.9. The first-order valence-electron chi connectivity index (χ1n) is 9.38. The summed E-state index contributed by atoms with van der Waals surface area (Å²) in [6.07, 6.45) is 0.436. The number of benzene rings is 1. The minimum Gasteiger partial charge on any atom is -0.341 e. The zero-order valence-electron chi connectivity index (χ0n) is 16.7. The Morgan fingerprint density at radius 1 is 1.28 bits per heavy atom. The molecule has 0 aliphatic carbocycles. The Bertz CT molecular complexity index is 956. The average Bonchev–Trinajstić information content (AvgIpc) is 3.13. The van der Waals surface area contributed by atoms with Crippen LogP contribution in [0.3, 0.4) is 0 Å². The van der Waals surface area contributed by atoms with Crippen molar-refractivity contribution in [2.24, 2.45) is 0 Å². The van der Waals surface area contributed by atoms with Crippen LogP contribution < -0.4 is 10.6 Å². The quantitative estimate of drug-likeness (QED) is 0.674. The van der Waals surface area contributed by atoms with Gasteiger partial charge in [-0.1, -0.05) is 29.8 Å². The molecule has 0 saturated carbocycles. The molecule has 0 spiro atoms. The van der Waals surface area contributed by atoms with Gasteiger partial charge in [-0.3, -0.25) is 19.6 Å². The number of aromatic nitrogens is 2. The number of imide groups is 1. The van der Waals surface area contributed by atoms with Crippen molar-refractivity contribution < 1.29 is 14.4 Å². The summed E-state index contributed by atoms with van der Waals surface area (Å²) in [6.45, 7) is 4.87. The topological polar surface area (TPSA) is 96.3 Å². The van der Waals surface area contributed by atoms with E-state index in [-0.39, 0.29) is 18.7 Å². The Balaban J connectivity index is 1.62. The maximum absolute atomic E-state index is 12.5. The highest BCUT2D eigenvalue weighted by Gasteiger charge is 2.30. The standard InChI is InChI=1S/C20H24ClN5O3/c1-12-15(13(2)26(24-12)10-14-6-4-5-7-16(14)21)11-25(3)18(27)9-8-17-19(28)23-20(29)22-17/h4-7,17H,8-11H2,1-3H3,(H2,22,23,28,29). The summed E-state index contributed by atoms with van der Waals surface area (Å²) in [7, 11) is 1.72. The lowest BCUT2D eigenvalue weighted by molar-refractivity contribution is -0.130. The number of amides is 4. The Morgan fingerprint density at radius 2 is 2.00 bits per heavy atom. The predicted octanol–water partition coefficient (Wildman–Crippen LogP) is 2.15. The first-order valence-corrected chi connectivity index (χ1v) is 9.75. The van der Waals surface area contributed by atoms with E-state index in [9.17, 15) is 14.4 Å². The van der Waals surface area contributed by atoms with Gasteiger partial charge in [0.2, 0.25) is 5.91 Å². The van der Waals surface area contributed by atoms with Gasteiger partial charge in [0.1, 0.15) is 6.04 Å². The van der Waals surface area contributed by atoms with Crippen molar-refractivity contribution in [2.75, 3.05) is 7.05 Å². The molecule has 4 amide bonds. The summed E-state index contributed by atoms with van der Waals surface area (Å²) in [5, 5.41) is 9.97. The van der Waals surface area contributed by atoms with E-state index < -0.39 is 18.0 Å². The smallest absolute Gasteiger partial charge is 0.322 e. The van der Waals surface area contributed by atoms with Crippen LogP contribution in [0.4, 0.5) is 4.79 Å². The molecule has 1 aliphatic rings. The molecule has 9 heteroatoms.